The molecule has 3 unspecified atom stereocenters. The topological polar surface area (TPSA) is 58.9 Å². The zero-order valence-corrected chi connectivity index (χ0v) is 6.19. The Morgan fingerprint density at radius 3 is 2.91 bits per heavy atom. The minimum Gasteiger partial charge on any atom is -0.393 e. The van der Waals surface area contributed by atoms with E-state index in [1.54, 1.807) is 0 Å². The first-order valence-electron chi connectivity index (χ1n) is 3.79. The van der Waals surface area contributed by atoms with Crippen LogP contribution >= 0.6 is 0 Å². The van der Waals surface area contributed by atoms with Crippen molar-refractivity contribution >= 4 is 0 Å². The molecular formula is C7H12O4. The van der Waals surface area contributed by atoms with Crippen molar-refractivity contribution in [2.24, 2.45) is 5.92 Å². The highest BCUT2D eigenvalue weighted by Gasteiger charge is 2.52. The summed E-state index contributed by atoms with van der Waals surface area (Å²) in [4.78, 5) is 0. The first kappa shape index (κ1) is 7.49. The molecule has 0 aromatic carbocycles. The largest absolute Gasteiger partial charge is 0.393 e. The normalized spacial score (nSPS) is 49.6. The first-order valence-corrected chi connectivity index (χ1v) is 3.79. The number of rotatable bonds is 1. The second-order valence-electron chi connectivity index (χ2n) is 3.25. The molecule has 0 spiro atoms. The Morgan fingerprint density at radius 2 is 2.27 bits per heavy atom. The van der Waals surface area contributed by atoms with Crippen molar-refractivity contribution in [2.45, 2.75) is 11.7 Å². The molecule has 2 aliphatic heterocycles. The molecule has 0 aliphatic carbocycles. The highest BCUT2D eigenvalue weighted by Crippen LogP contribution is 2.34. The van der Waals surface area contributed by atoms with E-state index in [2.05, 4.69) is 0 Å². The Morgan fingerprint density at radius 1 is 1.45 bits per heavy atom. The van der Waals surface area contributed by atoms with Gasteiger partial charge in [-0.15, -0.1) is 0 Å². The predicted molar refractivity (Wildman–Crippen MR) is 36.1 cm³/mol. The van der Waals surface area contributed by atoms with Gasteiger partial charge in [-0.2, -0.15) is 0 Å². The van der Waals surface area contributed by atoms with Crippen LogP contribution in [0.4, 0.5) is 0 Å². The molecule has 4 heteroatoms. The van der Waals surface area contributed by atoms with Crippen LogP contribution in [0.1, 0.15) is 0 Å². The lowest BCUT2D eigenvalue weighted by molar-refractivity contribution is -0.151. The monoisotopic (exact) mass is 160 g/mol. The van der Waals surface area contributed by atoms with E-state index in [1.807, 2.05) is 0 Å². The van der Waals surface area contributed by atoms with Crippen LogP contribution in [0.25, 0.3) is 0 Å². The molecule has 2 saturated heterocycles. The van der Waals surface area contributed by atoms with E-state index in [1.165, 1.54) is 0 Å². The van der Waals surface area contributed by atoms with Gasteiger partial charge >= 0.3 is 0 Å². The zero-order valence-electron chi connectivity index (χ0n) is 6.19. The van der Waals surface area contributed by atoms with Crippen LogP contribution in [-0.4, -0.2) is 48.3 Å². The smallest absolute Gasteiger partial charge is 0.140 e. The fraction of sp³-hybridized carbons (Fsp3) is 1.00. The Hall–Kier alpha value is -0.160. The Balaban J connectivity index is 2.19. The number of ether oxygens (including phenoxy) is 2. The third-order valence-corrected chi connectivity index (χ3v) is 2.52. The number of hydrogen-bond acceptors (Lipinski definition) is 4. The van der Waals surface area contributed by atoms with Crippen LogP contribution < -0.4 is 0 Å². The van der Waals surface area contributed by atoms with Crippen molar-refractivity contribution in [1.29, 1.82) is 0 Å². The molecule has 3 atom stereocenters. The number of fused-ring (bicyclic) bond motifs is 2. The number of hydrogen-bond donors (Lipinski definition) is 2. The van der Waals surface area contributed by atoms with Crippen molar-refractivity contribution in [3.8, 4) is 0 Å². The molecule has 2 bridgehead atoms. The fourth-order valence-electron chi connectivity index (χ4n) is 1.71. The highest BCUT2D eigenvalue weighted by molar-refractivity contribution is 4.99. The minimum atomic E-state index is -0.817. The van der Waals surface area contributed by atoms with Gasteiger partial charge in [0.25, 0.3) is 0 Å². The van der Waals surface area contributed by atoms with Gasteiger partial charge in [0.2, 0.25) is 0 Å². The molecule has 0 radical (unpaired) electrons. The van der Waals surface area contributed by atoms with E-state index >= 15 is 0 Å². The minimum absolute atomic E-state index is 0.0518. The van der Waals surface area contributed by atoms with E-state index in [0.29, 0.717) is 19.8 Å². The van der Waals surface area contributed by atoms with Gasteiger partial charge in [0, 0.05) is 5.92 Å². The summed E-state index contributed by atoms with van der Waals surface area (Å²) in [6, 6.07) is 0. The van der Waals surface area contributed by atoms with Gasteiger partial charge in [-0.3, -0.25) is 0 Å². The predicted octanol–water partition coefficient (Wildman–Crippen LogP) is -1.24. The number of aliphatic hydroxyl groups is 2. The van der Waals surface area contributed by atoms with Crippen LogP contribution in [-0.2, 0) is 9.47 Å². The third kappa shape index (κ3) is 0.906. The summed E-state index contributed by atoms with van der Waals surface area (Å²) in [6.07, 6.45) is -0.554. The average Bonchev–Trinajstić information content (AvgIpc) is 2.25. The third-order valence-electron chi connectivity index (χ3n) is 2.52. The van der Waals surface area contributed by atoms with Gasteiger partial charge in [-0.25, -0.2) is 0 Å². The van der Waals surface area contributed by atoms with E-state index in [0.717, 1.165) is 0 Å². The summed E-state index contributed by atoms with van der Waals surface area (Å²) in [5.41, 5.74) is -0.817. The first-order chi connectivity index (χ1) is 5.28. The van der Waals surface area contributed by atoms with Crippen molar-refractivity contribution < 1.29 is 19.7 Å². The van der Waals surface area contributed by atoms with E-state index in [-0.39, 0.29) is 12.5 Å². The van der Waals surface area contributed by atoms with Crippen LogP contribution in [0.2, 0.25) is 0 Å². The second-order valence-corrected chi connectivity index (χ2v) is 3.25. The maximum atomic E-state index is 9.59. The van der Waals surface area contributed by atoms with Crippen LogP contribution in [0.3, 0.4) is 0 Å². The summed E-state index contributed by atoms with van der Waals surface area (Å²) in [5.74, 6) is 0.0518. The molecule has 0 amide bonds. The van der Waals surface area contributed by atoms with Crippen LogP contribution in [0.15, 0.2) is 0 Å². The quantitative estimate of drug-likeness (QED) is 0.503. The lowest BCUT2D eigenvalue weighted by Gasteiger charge is -2.34. The van der Waals surface area contributed by atoms with Crippen LogP contribution in [0, 0.1) is 5.92 Å². The molecule has 0 aromatic rings. The Bertz CT molecular complexity index is 157. The summed E-state index contributed by atoms with van der Waals surface area (Å²) in [6.45, 7) is 1.19. The molecule has 2 rings (SSSR count). The molecule has 0 aromatic heterocycles. The summed E-state index contributed by atoms with van der Waals surface area (Å²) >= 11 is 0. The van der Waals surface area contributed by atoms with Gasteiger partial charge in [-0.1, -0.05) is 0 Å². The van der Waals surface area contributed by atoms with Crippen molar-refractivity contribution in [1.82, 2.24) is 0 Å². The molecular weight excluding hydrogens is 148 g/mol. The van der Waals surface area contributed by atoms with Gasteiger partial charge in [-0.05, 0) is 0 Å². The van der Waals surface area contributed by atoms with Crippen LogP contribution in [0.5, 0.6) is 0 Å². The lowest BCUT2D eigenvalue weighted by atomic mass is 9.90. The fourth-order valence-corrected chi connectivity index (χ4v) is 1.71. The molecule has 2 N–H and O–H groups in total. The van der Waals surface area contributed by atoms with Gasteiger partial charge in [0.05, 0.1) is 32.5 Å². The molecule has 11 heavy (non-hydrogen) atoms. The van der Waals surface area contributed by atoms with Crippen molar-refractivity contribution in [3.05, 3.63) is 0 Å². The lowest BCUT2D eigenvalue weighted by Crippen LogP contribution is -2.52. The highest BCUT2D eigenvalue weighted by atomic mass is 16.6. The molecule has 2 fully saturated rings. The SMILES string of the molecule is OCC12COCC(CO1)C2O. The zero-order chi connectivity index (χ0) is 7.90. The van der Waals surface area contributed by atoms with Gasteiger partial charge < -0.3 is 19.7 Å². The molecule has 2 aliphatic rings. The number of aliphatic hydroxyl groups excluding tert-OH is 2. The van der Waals surface area contributed by atoms with Crippen molar-refractivity contribution in [3.63, 3.8) is 0 Å². The van der Waals surface area contributed by atoms with E-state index < -0.39 is 11.7 Å². The van der Waals surface area contributed by atoms with Crippen molar-refractivity contribution in [2.75, 3.05) is 26.4 Å². The maximum Gasteiger partial charge on any atom is 0.140 e. The molecule has 2 heterocycles. The maximum absolute atomic E-state index is 9.59. The van der Waals surface area contributed by atoms with E-state index in [9.17, 15) is 5.11 Å². The molecule has 0 saturated carbocycles. The van der Waals surface area contributed by atoms with E-state index in [4.69, 9.17) is 14.6 Å². The molecule has 4 nitrogen and oxygen atoms in total. The standard InChI is InChI=1S/C7H12O4/c8-3-7-4-10-1-5(2-11-7)6(7)9/h5-6,8-9H,1-4H2. The summed E-state index contributed by atoms with van der Waals surface area (Å²) < 4.78 is 10.5. The second kappa shape index (κ2) is 2.42. The van der Waals surface area contributed by atoms with Gasteiger partial charge in [0.15, 0.2) is 0 Å². The average molecular weight is 160 g/mol. The van der Waals surface area contributed by atoms with Gasteiger partial charge in [0.1, 0.15) is 5.60 Å². The molecule has 64 valence electrons. The summed E-state index contributed by atoms with van der Waals surface area (Å²) in [5, 5.41) is 18.6. The Kier molecular flexibility index (Phi) is 1.64. The Labute approximate surface area is 64.7 Å². The summed E-state index contributed by atoms with van der Waals surface area (Å²) in [7, 11) is 0.